The molecule has 0 atom stereocenters. The van der Waals surface area contributed by atoms with Crippen LogP contribution in [0, 0.1) is 0 Å². The van der Waals surface area contributed by atoms with Crippen LogP contribution < -0.4 is 10.5 Å². The number of carbonyl (C=O) groups excluding carboxylic acids is 1. The van der Waals surface area contributed by atoms with Crippen molar-refractivity contribution in [3.63, 3.8) is 0 Å². The lowest BCUT2D eigenvalue weighted by atomic mass is 9.81. The van der Waals surface area contributed by atoms with E-state index in [-0.39, 0.29) is 17.0 Å². The third-order valence-corrected chi connectivity index (χ3v) is 4.74. The molecule has 0 spiro atoms. The van der Waals surface area contributed by atoms with Gasteiger partial charge in [0.25, 0.3) is 0 Å². The van der Waals surface area contributed by atoms with Gasteiger partial charge in [0.2, 0.25) is 15.9 Å². The van der Waals surface area contributed by atoms with Gasteiger partial charge in [0.15, 0.2) is 0 Å². The summed E-state index contributed by atoms with van der Waals surface area (Å²) in [7, 11) is -3.67. The van der Waals surface area contributed by atoms with Crippen molar-refractivity contribution in [3.8, 4) is 0 Å². The minimum Gasteiger partial charge on any atom is -0.389 e. The Hall–Kier alpha value is -1.44. The first-order valence-corrected chi connectivity index (χ1v) is 7.43. The van der Waals surface area contributed by atoms with E-state index in [2.05, 4.69) is 4.72 Å². The van der Waals surface area contributed by atoms with Crippen molar-refractivity contribution in [1.29, 1.82) is 0 Å². The average Bonchev–Trinajstić information content (AvgIpc) is 2.34. The molecule has 1 aliphatic rings. The second kappa shape index (κ2) is 4.92. The van der Waals surface area contributed by atoms with Crippen LogP contribution in [0.5, 0.6) is 0 Å². The van der Waals surface area contributed by atoms with Crippen LogP contribution in [0.2, 0.25) is 0 Å². The maximum absolute atomic E-state index is 12.0. The van der Waals surface area contributed by atoms with Gasteiger partial charge in [-0.25, -0.2) is 13.1 Å². The summed E-state index contributed by atoms with van der Waals surface area (Å²) in [6.07, 6.45) is 2.12. The number of nitrogens with two attached hydrogens (primary N) is 1. The Morgan fingerprint density at radius 2 is 1.89 bits per heavy atom. The van der Waals surface area contributed by atoms with E-state index >= 15 is 0 Å². The zero-order valence-corrected chi connectivity index (χ0v) is 11.1. The van der Waals surface area contributed by atoms with Crippen molar-refractivity contribution in [2.75, 3.05) is 6.54 Å². The molecule has 1 saturated carbocycles. The molecule has 1 aromatic carbocycles. The number of hydrogen-bond donors (Lipinski definition) is 3. The lowest BCUT2D eigenvalue weighted by Gasteiger charge is -2.36. The summed E-state index contributed by atoms with van der Waals surface area (Å²) in [5, 5.41) is 9.85. The second-order valence-electron chi connectivity index (χ2n) is 4.79. The molecule has 0 aromatic heterocycles. The molecule has 0 saturated heterocycles. The van der Waals surface area contributed by atoms with Gasteiger partial charge in [0, 0.05) is 12.1 Å². The summed E-state index contributed by atoms with van der Waals surface area (Å²) < 4.78 is 26.3. The van der Waals surface area contributed by atoms with Crippen molar-refractivity contribution < 1.29 is 18.3 Å². The molecule has 1 aromatic rings. The van der Waals surface area contributed by atoms with E-state index in [1.54, 1.807) is 0 Å². The lowest BCUT2D eigenvalue weighted by Crippen LogP contribution is -2.47. The van der Waals surface area contributed by atoms with Crippen molar-refractivity contribution in [2.24, 2.45) is 5.73 Å². The highest BCUT2D eigenvalue weighted by molar-refractivity contribution is 7.89. The fraction of sp³-hybridized carbons (Fsp3) is 0.417. The van der Waals surface area contributed by atoms with Gasteiger partial charge in [0.1, 0.15) is 0 Å². The third-order valence-electron chi connectivity index (χ3n) is 3.32. The van der Waals surface area contributed by atoms with Crippen LogP contribution in [0.25, 0.3) is 0 Å². The number of carbonyl (C=O) groups is 1. The fourth-order valence-corrected chi connectivity index (χ4v) is 2.99. The summed E-state index contributed by atoms with van der Waals surface area (Å²) in [6.45, 7) is 0.00685. The zero-order chi connectivity index (χ0) is 14.1. The molecule has 0 unspecified atom stereocenters. The SMILES string of the molecule is NC(=O)c1ccc(S(=O)(=O)NCC2(O)CCC2)cc1. The molecule has 0 radical (unpaired) electrons. The van der Waals surface area contributed by atoms with Gasteiger partial charge in [0.05, 0.1) is 10.5 Å². The standard InChI is InChI=1S/C12H16N2O4S/c13-11(15)9-2-4-10(5-3-9)19(17,18)14-8-12(16)6-1-7-12/h2-5,14,16H,1,6-8H2,(H2,13,15). The van der Waals surface area contributed by atoms with Crippen LogP contribution in [0.3, 0.4) is 0 Å². The highest BCUT2D eigenvalue weighted by Gasteiger charge is 2.35. The second-order valence-corrected chi connectivity index (χ2v) is 6.56. The lowest BCUT2D eigenvalue weighted by molar-refractivity contribution is -0.0270. The van der Waals surface area contributed by atoms with Crippen LogP contribution >= 0.6 is 0 Å². The summed E-state index contributed by atoms with van der Waals surface area (Å²) in [5.74, 6) is -0.610. The van der Waals surface area contributed by atoms with E-state index in [4.69, 9.17) is 5.73 Å². The molecule has 19 heavy (non-hydrogen) atoms. The van der Waals surface area contributed by atoms with Crippen molar-refractivity contribution in [3.05, 3.63) is 29.8 Å². The Morgan fingerprint density at radius 3 is 2.32 bits per heavy atom. The smallest absolute Gasteiger partial charge is 0.248 e. The highest BCUT2D eigenvalue weighted by Crippen LogP contribution is 2.31. The van der Waals surface area contributed by atoms with Crippen molar-refractivity contribution >= 4 is 15.9 Å². The fourth-order valence-electron chi connectivity index (χ4n) is 1.87. The normalized spacial score (nSPS) is 17.7. The van der Waals surface area contributed by atoms with Crippen molar-refractivity contribution in [1.82, 2.24) is 4.72 Å². The van der Waals surface area contributed by atoms with Gasteiger partial charge in [-0.3, -0.25) is 4.79 Å². The number of rotatable bonds is 5. The molecule has 6 nitrogen and oxygen atoms in total. The summed E-state index contributed by atoms with van der Waals surface area (Å²) in [4.78, 5) is 10.9. The van der Waals surface area contributed by atoms with E-state index in [1.807, 2.05) is 0 Å². The van der Waals surface area contributed by atoms with Crippen LogP contribution in [0.15, 0.2) is 29.2 Å². The molecule has 104 valence electrons. The first-order valence-electron chi connectivity index (χ1n) is 5.94. The van der Waals surface area contributed by atoms with Gasteiger partial charge in [-0.15, -0.1) is 0 Å². The topological polar surface area (TPSA) is 109 Å². The first kappa shape index (κ1) is 14.0. The van der Waals surface area contributed by atoms with Crippen LogP contribution in [0.4, 0.5) is 0 Å². The maximum atomic E-state index is 12.0. The van der Waals surface area contributed by atoms with Crippen LogP contribution in [-0.4, -0.2) is 31.6 Å². The molecule has 4 N–H and O–H groups in total. The average molecular weight is 284 g/mol. The van der Waals surface area contributed by atoms with Crippen LogP contribution in [0.1, 0.15) is 29.6 Å². The number of amides is 1. The number of nitrogens with one attached hydrogen (secondary N) is 1. The molecule has 1 aliphatic carbocycles. The molecule has 7 heteroatoms. The Morgan fingerprint density at radius 1 is 1.32 bits per heavy atom. The van der Waals surface area contributed by atoms with Gasteiger partial charge >= 0.3 is 0 Å². The third kappa shape index (κ3) is 3.12. The van der Waals surface area contributed by atoms with Crippen molar-refractivity contribution in [2.45, 2.75) is 29.8 Å². The van der Waals surface area contributed by atoms with Crippen LogP contribution in [-0.2, 0) is 10.0 Å². The van der Waals surface area contributed by atoms with E-state index < -0.39 is 21.5 Å². The molecule has 1 amide bonds. The maximum Gasteiger partial charge on any atom is 0.248 e. The predicted molar refractivity (Wildman–Crippen MR) is 68.9 cm³/mol. The van der Waals surface area contributed by atoms with Gasteiger partial charge in [-0.1, -0.05) is 0 Å². The Bertz CT molecular complexity index is 576. The van der Waals surface area contributed by atoms with Gasteiger partial charge in [-0.2, -0.15) is 0 Å². The molecule has 0 heterocycles. The number of aliphatic hydroxyl groups is 1. The highest BCUT2D eigenvalue weighted by atomic mass is 32.2. The van der Waals surface area contributed by atoms with Gasteiger partial charge < -0.3 is 10.8 Å². The number of primary amides is 1. The van der Waals surface area contributed by atoms with E-state index in [0.717, 1.165) is 6.42 Å². The molecule has 2 rings (SSSR count). The van der Waals surface area contributed by atoms with E-state index in [9.17, 15) is 18.3 Å². The first-order chi connectivity index (χ1) is 8.82. The van der Waals surface area contributed by atoms with E-state index in [0.29, 0.717) is 12.8 Å². The minimum absolute atomic E-state index is 0.00685. The number of sulfonamides is 1. The summed E-state index contributed by atoms with van der Waals surface area (Å²) in [5.41, 5.74) is 4.41. The molecular formula is C12H16N2O4S. The molecule has 0 bridgehead atoms. The number of benzene rings is 1. The quantitative estimate of drug-likeness (QED) is 0.705. The predicted octanol–water partition coefficient (Wildman–Crippen LogP) is -0.0212. The Kier molecular flexibility index (Phi) is 3.62. The van der Waals surface area contributed by atoms with E-state index in [1.165, 1.54) is 24.3 Å². The largest absolute Gasteiger partial charge is 0.389 e. The Labute approximate surface area is 111 Å². The molecule has 1 fully saturated rings. The summed E-state index contributed by atoms with van der Waals surface area (Å²) >= 11 is 0. The Balaban J connectivity index is 2.08. The zero-order valence-electron chi connectivity index (χ0n) is 10.3. The summed E-state index contributed by atoms with van der Waals surface area (Å²) in [6, 6.07) is 5.34. The minimum atomic E-state index is -3.67. The molecule has 0 aliphatic heterocycles. The number of hydrogen-bond acceptors (Lipinski definition) is 4. The molecular weight excluding hydrogens is 268 g/mol. The monoisotopic (exact) mass is 284 g/mol. The van der Waals surface area contributed by atoms with Gasteiger partial charge in [-0.05, 0) is 43.5 Å².